The van der Waals surface area contributed by atoms with Crippen molar-refractivity contribution in [3.63, 3.8) is 0 Å². The summed E-state index contributed by atoms with van der Waals surface area (Å²) in [5.41, 5.74) is 0.0247. The number of hydrogen-bond donors (Lipinski definition) is 5. The van der Waals surface area contributed by atoms with Crippen LogP contribution in [0.25, 0.3) is 10.8 Å². The first-order valence-electron chi connectivity index (χ1n) is 13.2. The average Bonchev–Trinajstić information content (AvgIpc) is 2.83. The quantitative estimate of drug-likeness (QED) is 0.244. The van der Waals surface area contributed by atoms with Gasteiger partial charge in [0.1, 0.15) is 12.1 Å². The third kappa shape index (κ3) is 11.9. The van der Waals surface area contributed by atoms with Crippen LogP contribution in [-0.2, 0) is 25.5 Å². The van der Waals surface area contributed by atoms with E-state index in [1.54, 1.807) is 20.8 Å². The van der Waals surface area contributed by atoms with Gasteiger partial charge in [-0.05, 0) is 55.9 Å². The van der Waals surface area contributed by atoms with Crippen LogP contribution in [0.5, 0.6) is 0 Å². The zero-order valence-corrected chi connectivity index (χ0v) is 23.3. The molecule has 5 N–H and O–H groups in total. The molecule has 0 aromatic heterocycles. The SMILES string of the molecule is CC(C)C[C@H](NC(=O)CC[C@H](NC(=O)CNC(=O)OC(C)(C)C)C(=O)Cc1ccc2ccccc2c1)B(O)O. The number of fused-ring (bicyclic) bond motifs is 1. The van der Waals surface area contributed by atoms with E-state index < -0.39 is 49.2 Å². The van der Waals surface area contributed by atoms with E-state index in [0.29, 0.717) is 6.42 Å². The van der Waals surface area contributed by atoms with Crippen molar-refractivity contribution >= 4 is 41.6 Å². The molecular formula is C28H40BN3O7. The van der Waals surface area contributed by atoms with Crippen LogP contribution in [0.1, 0.15) is 59.4 Å². The number of amides is 3. The van der Waals surface area contributed by atoms with E-state index in [4.69, 9.17) is 4.74 Å². The van der Waals surface area contributed by atoms with Gasteiger partial charge in [-0.1, -0.05) is 56.3 Å². The summed E-state index contributed by atoms with van der Waals surface area (Å²) in [6.45, 7) is 8.46. The van der Waals surface area contributed by atoms with E-state index in [1.165, 1.54) is 0 Å². The van der Waals surface area contributed by atoms with Gasteiger partial charge in [0.2, 0.25) is 11.8 Å². The van der Waals surface area contributed by atoms with Gasteiger partial charge in [-0.3, -0.25) is 14.4 Å². The minimum absolute atomic E-state index is 0.00759. The number of ketones is 1. The van der Waals surface area contributed by atoms with Gasteiger partial charge < -0.3 is 30.7 Å². The lowest BCUT2D eigenvalue weighted by atomic mass is 9.75. The second-order valence-corrected chi connectivity index (χ2v) is 11.1. The van der Waals surface area contributed by atoms with E-state index in [1.807, 2.05) is 56.3 Å². The number of rotatable bonds is 13. The molecule has 0 unspecified atom stereocenters. The molecule has 0 radical (unpaired) electrons. The zero-order chi connectivity index (χ0) is 29.2. The molecule has 2 rings (SSSR count). The zero-order valence-electron chi connectivity index (χ0n) is 23.3. The molecule has 0 fully saturated rings. The summed E-state index contributed by atoms with van der Waals surface area (Å²) in [6, 6.07) is 12.4. The first-order valence-corrected chi connectivity index (χ1v) is 13.2. The normalized spacial score (nSPS) is 12.9. The minimum atomic E-state index is -1.72. The molecule has 39 heavy (non-hydrogen) atoms. The Morgan fingerprint density at radius 1 is 0.949 bits per heavy atom. The minimum Gasteiger partial charge on any atom is -0.444 e. The highest BCUT2D eigenvalue weighted by Crippen LogP contribution is 2.17. The van der Waals surface area contributed by atoms with Gasteiger partial charge in [-0.2, -0.15) is 0 Å². The molecule has 0 saturated carbocycles. The molecule has 3 amide bonds. The Kier molecular flexibility index (Phi) is 11.9. The lowest BCUT2D eigenvalue weighted by Crippen LogP contribution is -2.49. The molecule has 0 aliphatic heterocycles. The number of ether oxygens (including phenoxy) is 1. The van der Waals surface area contributed by atoms with Crippen molar-refractivity contribution in [1.82, 2.24) is 16.0 Å². The van der Waals surface area contributed by atoms with Crippen LogP contribution in [0.15, 0.2) is 42.5 Å². The standard InChI is InChI=1S/C28H40BN3O7/c1-18(2)14-24(29(37)38)32-25(34)13-12-22(31-26(35)17-30-27(36)39-28(3,4)5)23(33)16-19-10-11-20-8-6-7-9-21(20)15-19/h6-11,15,18,22,24,37-38H,12-14,16-17H2,1-5H3,(H,30,36)(H,31,35)(H,32,34)/t22-,24-/m0/s1. The summed E-state index contributed by atoms with van der Waals surface area (Å²) in [6.07, 6.45) is -0.514. The fourth-order valence-corrected chi connectivity index (χ4v) is 4.02. The van der Waals surface area contributed by atoms with Crippen LogP contribution >= 0.6 is 0 Å². The van der Waals surface area contributed by atoms with Crippen molar-refractivity contribution in [3.05, 3.63) is 48.0 Å². The second-order valence-electron chi connectivity index (χ2n) is 11.1. The molecule has 212 valence electrons. The second kappa shape index (κ2) is 14.6. The Bertz CT molecular complexity index is 1150. The van der Waals surface area contributed by atoms with E-state index in [9.17, 15) is 29.2 Å². The highest BCUT2D eigenvalue weighted by atomic mass is 16.6. The highest BCUT2D eigenvalue weighted by Gasteiger charge is 2.28. The van der Waals surface area contributed by atoms with Crippen LogP contribution in [0.4, 0.5) is 4.79 Å². The van der Waals surface area contributed by atoms with Gasteiger partial charge in [0.25, 0.3) is 0 Å². The fourth-order valence-electron chi connectivity index (χ4n) is 4.02. The maximum absolute atomic E-state index is 13.3. The number of Topliss-reactive ketones (excluding diaryl/α,β-unsaturated/α-hetero) is 1. The van der Waals surface area contributed by atoms with Crippen LogP contribution < -0.4 is 16.0 Å². The number of carbonyl (C=O) groups is 4. The third-order valence-electron chi connectivity index (χ3n) is 5.80. The summed E-state index contributed by atoms with van der Waals surface area (Å²) in [5, 5.41) is 28.8. The molecule has 2 atom stereocenters. The summed E-state index contributed by atoms with van der Waals surface area (Å²) in [4.78, 5) is 50.3. The lowest BCUT2D eigenvalue weighted by Gasteiger charge is -2.22. The molecule has 0 spiro atoms. The summed E-state index contributed by atoms with van der Waals surface area (Å²) in [5.74, 6) is -2.12. The molecule has 11 heteroatoms. The maximum Gasteiger partial charge on any atom is 0.475 e. The van der Waals surface area contributed by atoms with Gasteiger partial charge >= 0.3 is 13.2 Å². The van der Waals surface area contributed by atoms with Gasteiger partial charge in [0.05, 0.1) is 12.0 Å². The van der Waals surface area contributed by atoms with Gasteiger partial charge in [-0.15, -0.1) is 0 Å². The number of hydrogen-bond acceptors (Lipinski definition) is 7. The number of benzene rings is 2. The van der Waals surface area contributed by atoms with Crippen molar-refractivity contribution in [2.75, 3.05) is 6.54 Å². The Morgan fingerprint density at radius 2 is 1.62 bits per heavy atom. The molecule has 0 aliphatic rings. The smallest absolute Gasteiger partial charge is 0.444 e. The molecule has 0 aliphatic carbocycles. The van der Waals surface area contributed by atoms with Crippen molar-refractivity contribution in [3.8, 4) is 0 Å². The van der Waals surface area contributed by atoms with E-state index in [2.05, 4.69) is 16.0 Å². The molecule has 0 heterocycles. The van der Waals surface area contributed by atoms with Crippen molar-refractivity contribution < 1.29 is 34.0 Å². The monoisotopic (exact) mass is 541 g/mol. The molecule has 10 nitrogen and oxygen atoms in total. The summed E-state index contributed by atoms with van der Waals surface area (Å²) < 4.78 is 5.13. The van der Waals surface area contributed by atoms with E-state index in [-0.39, 0.29) is 31.0 Å². The predicted octanol–water partition coefficient (Wildman–Crippen LogP) is 2.28. The lowest BCUT2D eigenvalue weighted by molar-refractivity contribution is -0.128. The molecule has 0 saturated heterocycles. The van der Waals surface area contributed by atoms with Crippen molar-refractivity contribution in [2.45, 2.75) is 77.9 Å². The van der Waals surface area contributed by atoms with Crippen LogP contribution in [0, 0.1) is 5.92 Å². The summed E-state index contributed by atoms with van der Waals surface area (Å²) >= 11 is 0. The fraction of sp³-hybridized carbons (Fsp3) is 0.500. The Morgan fingerprint density at radius 3 is 2.23 bits per heavy atom. The van der Waals surface area contributed by atoms with Crippen molar-refractivity contribution in [2.24, 2.45) is 5.92 Å². The Balaban J connectivity index is 2.08. The predicted molar refractivity (Wildman–Crippen MR) is 150 cm³/mol. The Labute approximate surface area is 230 Å². The van der Waals surface area contributed by atoms with Gasteiger partial charge in [0, 0.05) is 12.8 Å². The van der Waals surface area contributed by atoms with E-state index in [0.717, 1.165) is 16.3 Å². The molecule has 2 aromatic rings. The largest absolute Gasteiger partial charge is 0.475 e. The topological polar surface area (TPSA) is 154 Å². The molecule has 0 bridgehead atoms. The van der Waals surface area contributed by atoms with Gasteiger partial charge in [0.15, 0.2) is 5.78 Å². The highest BCUT2D eigenvalue weighted by molar-refractivity contribution is 6.43. The number of nitrogens with one attached hydrogen (secondary N) is 3. The molecule has 2 aromatic carbocycles. The van der Waals surface area contributed by atoms with Crippen LogP contribution in [-0.4, -0.2) is 65.0 Å². The Hall–Kier alpha value is -3.44. The van der Waals surface area contributed by atoms with Crippen LogP contribution in [0.2, 0.25) is 0 Å². The summed E-state index contributed by atoms with van der Waals surface area (Å²) in [7, 11) is -1.72. The first-order chi connectivity index (χ1) is 18.2. The third-order valence-corrected chi connectivity index (χ3v) is 5.80. The van der Waals surface area contributed by atoms with E-state index >= 15 is 0 Å². The van der Waals surface area contributed by atoms with Crippen LogP contribution in [0.3, 0.4) is 0 Å². The maximum atomic E-state index is 13.3. The van der Waals surface area contributed by atoms with Crippen molar-refractivity contribution in [1.29, 1.82) is 0 Å². The first kappa shape index (κ1) is 31.8. The number of alkyl carbamates (subject to hydrolysis) is 1. The van der Waals surface area contributed by atoms with Gasteiger partial charge in [-0.25, -0.2) is 4.79 Å². The molecular weight excluding hydrogens is 501 g/mol. The number of carbonyl (C=O) groups excluding carboxylic acids is 4. The average molecular weight is 541 g/mol.